The fourth-order valence-corrected chi connectivity index (χ4v) is 2.99. The standard InChI is InChI=1S/C19H25N5O/c1-13(2)16-6-4-5-7-17(16)24-14(3)22-18(23-24)19(25)21-12-15-8-10-20-11-9-15/h4-8,13,20H,9-12H2,1-3H3,(H,21,25). The fraction of sp³-hybridized carbons (Fsp3) is 0.421. The summed E-state index contributed by atoms with van der Waals surface area (Å²) in [5.74, 6) is 1.05. The Morgan fingerprint density at radius 3 is 2.88 bits per heavy atom. The van der Waals surface area contributed by atoms with Gasteiger partial charge in [-0.3, -0.25) is 4.79 Å². The molecule has 0 atom stereocenters. The van der Waals surface area contributed by atoms with Gasteiger partial charge >= 0.3 is 0 Å². The van der Waals surface area contributed by atoms with Crippen LogP contribution in [0.1, 0.15) is 48.2 Å². The quantitative estimate of drug-likeness (QED) is 0.820. The van der Waals surface area contributed by atoms with Crippen molar-refractivity contribution in [2.24, 2.45) is 0 Å². The molecule has 3 rings (SSSR count). The van der Waals surface area contributed by atoms with Gasteiger partial charge in [0.2, 0.25) is 5.82 Å². The van der Waals surface area contributed by atoms with Crippen LogP contribution in [0, 0.1) is 6.92 Å². The molecular weight excluding hydrogens is 314 g/mol. The maximum absolute atomic E-state index is 12.4. The lowest BCUT2D eigenvalue weighted by atomic mass is 10.0. The number of carbonyl (C=O) groups excluding carboxylic acids is 1. The first kappa shape index (κ1) is 17.4. The number of nitrogens with zero attached hydrogens (tertiary/aromatic N) is 3. The summed E-state index contributed by atoms with van der Waals surface area (Å²) in [6, 6.07) is 8.10. The normalized spacial score (nSPS) is 14.5. The van der Waals surface area contributed by atoms with Gasteiger partial charge in [0.05, 0.1) is 5.69 Å². The van der Waals surface area contributed by atoms with Gasteiger partial charge in [-0.15, -0.1) is 5.10 Å². The van der Waals surface area contributed by atoms with E-state index in [9.17, 15) is 4.79 Å². The third kappa shape index (κ3) is 3.96. The predicted molar refractivity (Wildman–Crippen MR) is 98.1 cm³/mol. The number of benzene rings is 1. The molecule has 0 spiro atoms. The lowest BCUT2D eigenvalue weighted by Gasteiger charge is -2.14. The first-order chi connectivity index (χ1) is 12.1. The molecule has 1 aliphatic heterocycles. The van der Waals surface area contributed by atoms with E-state index in [4.69, 9.17) is 0 Å². The number of aromatic nitrogens is 3. The fourth-order valence-electron chi connectivity index (χ4n) is 2.99. The minimum atomic E-state index is -0.233. The lowest BCUT2D eigenvalue weighted by Crippen LogP contribution is -2.30. The van der Waals surface area contributed by atoms with Crippen LogP contribution >= 0.6 is 0 Å². The van der Waals surface area contributed by atoms with Crippen molar-refractivity contribution in [1.82, 2.24) is 25.4 Å². The van der Waals surface area contributed by atoms with Gasteiger partial charge in [0, 0.05) is 13.1 Å². The average molecular weight is 339 g/mol. The monoisotopic (exact) mass is 339 g/mol. The molecule has 1 aromatic heterocycles. The van der Waals surface area contributed by atoms with E-state index in [0.717, 1.165) is 25.2 Å². The zero-order valence-electron chi connectivity index (χ0n) is 15.0. The highest BCUT2D eigenvalue weighted by Gasteiger charge is 2.17. The minimum absolute atomic E-state index is 0.214. The van der Waals surface area contributed by atoms with Crippen LogP contribution in [-0.4, -0.2) is 40.3 Å². The van der Waals surface area contributed by atoms with Gasteiger partial charge in [0.1, 0.15) is 5.82 Å². The highest BCUT2D eigenvalue weighted by molar-refractivity contribution is 5.90. The van der Waals surface area contributed by atoms with Crippen LogP contribution in [0.25, 0.3) is 5.69 Å². The molecule has 1 aliphatic rings. The third-order valence-corrected chi connectivity index (χ3v) is 4.39. The van der Waals surface area contributed by atoms with Crippen molar-refractivity contribution < 1.29 is 4.79 Å². The number of hydrogen-bond acceptors (Lipinski definition) is 4. The minimum Gasteiger partial charge on any atom is -0.346 e. The molecule has 1 aromatic carbocycles. The van der Waals surface area contributed by atoms with Crippen molar-refractivity contribution in [2.45, 2.75) is 33.1 Å². The molecule has 0 bridgehead atoms. The number of carbonyl (C=O) groups is 1. The highest BCUT2D eigenvalue weighted by atomic mass is 16.2. The van der Waals surface area contributed by atoms with Crippen molar-refractivity contribution in [1.29, 1.82) is 0 Å². The Balaban J connectivity index is 1.78. The van der Waals surface area contributed by atoms with Crippen LogP contribution in [0.4, 0.5) is 0 Å². The summed E-state index contributed by atoms with van der Waals surface area (Å²) in [6.45, 7) is 8.53. The molecule has 2 aromatic rings. The molecule has 6 heteroatoms. The smallest absolute Gasteiger partial charge is 0.291 e. The van der Waals surface area contributed by atoms with Crippen LogP contribution in [0.3, 0.4) is 0 Å². The maximum Gasteiger partial charge on any atom is 0.291 e. The van der Waals surface area contributed by atoms with Crippen LogP contribution in [-0.2, 0) is 0 Å². The van der Waals surface area contributed by atoms with Crippen LogP contribution in [0.2, 0.25) is 0 Å². The zero-order valence-corrected chi connectivity index (χ0v) is 15.0. The number of nitrogens with one attached hydrogen (secondary N) is 2. The second-order valence-corrected chi connectivity index (χ2v) is 6.61. The maximum atomic E-state index is 12.4. The van der Waals surface area contributed by atoms with Crippen molar-refractivity contribution in [3.05, 3.63) is 53.1 Å². The number of rotatable bonds is 5. The summed E-state index contributed by atoms with van der Waals surface area (Å²) in [5.41, 5.74) is 3.40. The predicted octanol–water partition coefficient (Wildman–Crippen LogP) is 2.35. The molecule has 0 radical (unpaired) electrons. The van der Waals surface area contributed by atoms with E-state index in [1.807, 2.05) is 25.1 Å². The van der Waals surface area contributed by atoms with Gasteiger partial charge in [-0.1, -0.05) is 43.7 Å². The number of amides is 1. The zero-order chi connectivity index (χ0) is 17.8. The van der Waals surface area contributed by atoms with Crippen molar-refractivity contribution in [3.8, 4) is 5.69 Å². The summed E-state index contributed by atoms with van der Waals surface area (Å²) in [7, 11) is 0. The van der Waals surface area contributed by atoms with E-state index in [1.54, 1.807) is 4.68 Å². The second kappa shape index (κ2) is 7.61. The first-order valence-electron chi connectivity index (χ1n) is 8.76. The Morgan fingerprint density at radius 2 is 2.16 bits per heavy atom. The molecular formula is C19H25N5O. The van der Waals surface area contributed by atoms with Gasteiger partial charge in [-0.05, 0) is 37.4 Å². The van der Waals surface area contributed by atoms with E-state index in [0.29, 0.717) is 18.3 Å². The first-order valence-corrected chi connectivity index (χ1v) is 8.76. The van der Waals surface area contributed by atoms with Crippen molar-refractivity contribution in [2.75, 3.05) is 19.6 Å². The Kier molecular flexibility index (Phi) is 5.28. The Morgan fingerprint density at radius 1 is 1.36 bits per heavy atom. The molecule has 0 saturated heterocycles. The third-order valence-electron chi connectivity index (χ3n) is 4.39. The lowest BCUT2D eigenvalue weighted by molar-refractivity contribution is 0.0946. The largest absolute Gasteiger partial charge is 0.346 e. The van der Waals surface area contributed by atoms with Gasteiger partial charge in [0.25, 0.3) is 5.91 Å². The summed E-state index contributed by atoms with van der Waals surface area (Å²) >= 11 is 0. The molecule has 2 heterocycles. The van der Waals surface area contributed by atoms with Crippen LogP contribution < -0.4 is 10.6 Å². The summed E-state index contributed by atoms with van der Waals surface area (Å²) < 4.78 is 1.76. The second-order valence-electron chi connectivity index (χ2n) is 6.61. The Hall–Kier alpha value is -2.47. The molecule has 0 fully saturated rings. The van der Waals surface area contributed by atoms with E-state index in [1.165, 1.54) is 11.1 Å². The Labute approximate surface area is 148 Å². The van der Waals surface area contributed by atoms with E-state index in [2.05, 4.69) is 46.7 Å². The summed E-state index contributed by atoms with van der Waals surface area (Å²) in [5, 5.41) is 10.6. The molecule has 132 valence electrons. The van der Waals surface area contributed by atoms with Crippen LogP contribution in [0.5, 0.6) is 0 Å². The van der Waals surface area contributed by atoms with E-state index >= 15 is 0 Å². The summed E-state index contributed by atoms with van der Waals surface area (Å²) in [6.07, 6.45) is 3.09. The van der Waals surface area contributed by atoms with Gasteiger partial charge < -0.3 is 10.6 Å². The number of para-hydroxylation sites is 1. The molecule has 25 heavy (non-hydrogen) atoms. The van der Waals surface area contributed by atoms with E-state index < -0.39 is 0 Å². The number of aryl methyl sites for hydroxylation is 1. The molecule has 1 amide bonds. The molecule has 0 saturated carbocycles. The summed E-state index contributed by atoms with van der Waals surface area (Å²) in [4.78, 5) is 16.8. The molecule has 0 unspecified atom stereocenters. The Bertz CT molecular complexity index is 791. The van der Waals surface area contributed by atoms with Gasteiger partial charge in [-0.2, -0.15) is 0 Å². The molecule has 6 nitrogen and oxygen atoms in total. The van der Waals surface area contributed by atoms with Gasteiger partial charge in [-0.25, -0.2) is 9.67 Å². The molecule has 2 N–H and O–H groups in total. The SMILES string of the molecule is Cc1nc(C(=O)NCC2=CCNCC2)nn1-c1ccccc1C(C)C. The van der Waals surface area contributed by atoms with E-state index in [-0.39, 0.29) is 11.7 Å². The van der Waals surface area contributed by atoms with Crippen molar-refractivity contribution in [3.63, 3.8) is 0 Å². The average Bonchev–Trinajstić information content (AvgIpc) is 3.02. The van der Waals surface area contributed by atoms with Crippen LogP contribution in [0.15, 0.2) is 35.9 Å². The number of hydrogen-bond donors (Lipinski definition) is 2. The topological polar surface area (TPSA) is 71.8 Å². The van der Waals surface area contributed by atoms with Crippen molar-refractivity contribution >= 4 is 5.91 Å². The molecule has 0 aliphatic carbocycles. The van der Waals surface area contributed by atoms with Gasteiger partial charge in [0.15, 0.2) is 0 Å². The highest BCUT2D eigenvalue weighted by Crippen LogP contribution is 2.23.